The summed E-state index contributed by atoms with van der Waals surface area (Å²) < 4.78 is 6.63. The predicted molar refractivity (Wildman–Crippen MR) is 115 cm³/mol. The van der Waals surface area contributed by atoms with Crippen LogP contribution in [0.1, 0.15) is 29.0 Å². The molecular weight excluding hydrogens is 380 g/mol. The third-order valence-electron chi connectivity index (χ3n) is 5.15. The molecule has 30 heavy (non-hydrogen) atoms. The maximum atomic E-state index is 12.7. The van der Waals surface area contributed by atoms with Gasteiger partial charge in [-0.15, -0.1) is 0 Å². The van der Waals surface area contributed by atoms with Crippen molar-refractivity contribution in [2.45, 2.75) is 13.0 Å². The number of aromatic nitrogens is 2. The molecule has 1 aliphatic heterocycles. The fourth-order valence-corrected chi connectivity index (χ4v) is 3.44. The fourth-order valence-electron chi connectivity index (χ4n) is 3.44. The van der Waals surface area contributed by atoms with Crippen molar-refractivity contribution < 1.29 is 9.53 Å². The number of para-hydroxylation sites is 1. The molecule has 2 heterocycles. The Labute approximate surface area is 174 Å². The number of amides is 1. The second-order valence-corrected chi connectivity index (χ2v) is 7.19. The summed E-state index contributed by atoms with van der Waals surface area (Å²) in [4.78, 5) is 27.2. The van der Waals surface area contributed by atoms with E-state index in [1.54, 1.807) is 12.1 Å². The van der Waals surface area contributed by atoms with Gasteiger partial charge in [-0.3, -0.25) is 9.59 Å². The van der Waals surface area contributed by atoms with Crippen LogP contribution in [0.4, 0.5) is 5.69 Å². The van der Waals surface area contributed by atoms with E-state index in [1.807, 2.05) is 37.3 Å². The van der Waals surface area contributed by atoms with Gasteiger partial charge >= 0.3 is 0 Å². The van der Waals surface area contributed by atoms with E-state index < -0.39 is 0 Å². The molecular formula is C23H24N4O3. The normalized spacial score (nSPS) is 14.9. The van der Waals surface area contributed by atoms with Crippen molar-refractivity contribution in [1.82, 2.24) is 15.1 Å². The van der Waals surface area contributed by atoms with Crippen LogP contribution in [0.25, 0.3) is 5.69 Å². The number of morpholine rings is 1. The van der Waals surface area contributed by atoms with Gasteiger partial charge in [0.1, 0.15) is 5.69 Å². The Balaban J connectivity index is 1.46. The Morgan fingerprint density at radius 2 is 1.67 bits per heavy atom. The summed E-state index contributed by atoms with van der Waals surface area (Å²) in [6.45, 7) is 5.18. The topological polar surface area (TPSA) is 76.5 Å². The lowest BCUT2D eigenvalue weighted by atomic mass is 10.1. The van der Waals surface area contributed by atoms with Gasteiger partial charge in [0.05, 0.1) is 24.9 Å². The second kappa shape index (κ2) is 8.92. The van der Waals surface area contributed by atoms with Crippen molar-refractivity contribution in [3.8, 4) is 5.69 Å². The van der Waals surface area contributed by atoms with E-state index in [9.17, 15) is 9.59 Å². The lowest BCUT2D eigenvalue weighted by molar-refractivity contribution is 0.0933. The van der Waals surface area contributed by atoms with E-state index in [2.05, 4.69) is 27.4 Å². The van der Waals surface area contributed by atoms with Crippen LogP contribution in [0.2, 0.25) is 0 Å². The van der Waals surface area contributed by atoms with Crippen LogP contribution in [0, 0.1) is 0 Å². The molecule has 0 bridgehead atoms. The number of benzene rings is 2. The zero-order valence-electron chi connectivity index (χ0n) is 16.8. The molecule has 1 aliphatic rings. The number of nitrogens with one attached hydrogen (secondary N) is 1. The first-order valence-corrected chi connectivity index (χ1v) is 10.0. The maximum Gasteiger partial charge on any atom is 0.272 e. The van der Waals surface area contributed by atoms with Gasteiger partial charge in [0.2, 0.25) is 0 Å². The standard InChI is InChI=1S/C23H24N4O3/c1-17(18-7-9-19(10-8-18)26-13-15-30-16-14-26)24-23(29)21-11-12-22(28)27(25-21)20-5-3-2-4-6-20/h2-12,17H,13-16H2,1H3,(H,24,29). The van der Waals surface area contributed by atoms with Gasteiger partial charge in [0.25, 0.3) is 11.5 Å². The molecule has 0 aliphatic carbocycles. The molecule has 3 aromatic rings. The van der Waals surface area contributed by atoms with Crippen LogP contribution < -0.4 is 15.8 Å². The van der Waals surface area contributed by atoms with Gasteiger partial charge in [0, 0.05) is 24.8 Å². The first-order valence-electron chi connectivity index (χ1n) is 10.0. The molecule has 1 atom stereocenters. The van der Waals surface area contributed by atoms with Crippen molar-refractivity contribution in [1.29, 1.82) is 0 Å². The highest BCUT2D eigenvalue weighted by atomic mass is 16.5. The van der Waals surface area contributed by atoms with Crippen molar-refractivity contribution in [2.75, 3.05) is 31.2 Å². The van der Waals surface area contributed by atoms with Crippen LogP contribution >= 0.6 is 0 Å². The van der Waals surface area contributed by atoms with Gasteiger partial charge in [-0.05, 0) is 42.8 Å². The highest BCUT2D eigenvalue weighted by Gasteiger charge is 2.16. The number of hydrogen-bond donors (Lipinski definition) is 1. The van der Waals surface area contributed by atoms with Gasteiger partial charge < -0.3 is 15.0 Å². The average molecular weight is 404 g/mol. The van der Waals surface area contributed by atoms with Crippen LogP contribution in [0.15, 0.2) is 71.5 Å². The monoisotopic (exact) mass is 404 g/mol. The highest BCUT2D eigenvalue weighted by molar-refractivity contribution is 5.92. The summed E-state index contributed by atoms with van der Waals surface area (Å²) in [6.07, 6.45) is 0. The maximum absolute atomic E-state index is 12.7. The Morgan fingerprint density at radius 3 is 2.37 bits per heavy atom. The van der Waals surface area contributed by atoms with E-state index in [0.29, 0.717) is 5.69 Å². The largest absolute Gasteiger partial charge is 0.378 e. The summed E-state index contributed by atoms with van der Waals surface area (Å²) in [5.74, 6) is -0.329. The molecule has 154 valence electrons. The van der Waals surface area contributed by atoms with Gasteiger partial charge in [-0.2, -0.15) is 9.78 Å². The third-order valence-corrected chi connectivity index (χ3v) is 5.15. The van der Waals surface area contributed by atoms with Crippen molar-refractivity contribution in [3.05, 3.63) is 88.3 Å². The van der Waals surface area contributed by atoms with Crippen LogP contribution in [-0.2, 0) is 4.74 Å². The smallest absolute Gasteiger partial charge is 0.272 e. The van der Waals surface area contributed by atoms with Gasteiger partial charge in [-0.1, -0.05) is 30.3 Å². The van der Waals surface area contributed by atoms with E-state index in [1.165, 1.54) is 16.8 Å². The summed E-state index contributed by atoms with van der Waals surface area (Å²) in [5.41, 5.74) is 2.66. The SMILES string of the molecule is CC(NC(=O)c1ccc(=O)n(-c2ccccc2)n1)c1ccc(N2CCOCC2)cc1. The lowest BCUT2D eigenvalue weighted by Gasteiger charge is -2.29. The molecule has 1 saturated heterocycles. The number of nitrogens with zero attached hydrogens (tertiary/aromatic N) is 3. The molecule has 4 rings (SSSR count). The van der Waals surface area contributed by atoms with E-state index >= 15 is 0 Å². The highest BCUT2D eigenvalue weighted by Crippen LogP contribution is 2.20. The summed E-state index contributed by atoms with van der Waals surface area (Å²) in [6, 6.07) is 19.8. The predicted octanol–water partition coefficient (Wildman–Crippen LogP) is 2.56. The number of anilines is 1. The molecule has 0 saturated carbocycles. The Bertz CT molecular complexity index is 1060. The minimum absolute atomic E-state index is 0.190. The Kier molecular flexibility index (Phi) is 5.90. The van der Waals surface area contributed by atoms with Crippen LogP contribution in [-0.4, -0.2) is 42.0 Å². The number of hydrogen-bond acceptors (Lipinski definition) is 5. The second-order valence-electron chi connectivity index (χ2n) is 7.19. The van der Waals surface area contributed by atoms with E-state index in [-0.39, 0.29) is 23.2 Å². The summed E-state index contributed by atoms with van der Waals surface area (Å²) in [7, 11) is 0. The number of carbonyl (C=O) groups excluding carboxylic acids is 1. The van der Waals surface area contributed by atoms with Crippen LogP contribution in [0.3, 0.4) is 0 Å². The molecule has 0 spiro atoms. The first kappa shape index (κ1) is 19.8. The summed E-state index contributed by atoms with van der Waals surface area (Å²) >= 11 is 0. The van der Waals surface area contributed by atoms with Crippen molar-refractivity contribution in [3.63, 3.8) is 0 Å². The number of ether oxygens (including phenoxy) is 1. The van der Waals surface area contributed by atoms with Gasteiger partial charge in [-0.25, -0.2) is 0 Å². The van der Waals surface area contributed by atoms with Crippen LogP contribution in [0.5, 0.6) is 0 Å². The zero-order chi connectivity index (χ0) is 20.9. The molecule has 7 nitrogen and oxygen atoms in total. The minimum atomic E-state index is -0.329. The molecule has 2 aromatic carbocycles. The molecule has 1 N–H and O–H groups in total. The average Bonchev–Trinajstić information content (AvgIpc) is 2.80. The zero-order valence-corrected chi connectivity index (χ0v) is 16.8. The molecule has 0 radical (unpaired) electrons. The van der Waals surface area contributed by atoms with Crippen molar-refractivity contribution >= 4 is 11.6 Å². The summed E-state index contributed by atoms with van der Waals surface area (Å²) in [5, 5.41) is 7.20. The Morgan fingerprint density at radius 1 is 0.967 bits per heavy atom. The fraction of sp³-hybridized carbons (Fsp3) is 0.261. The Hall–Kier alpha value is -3.45. The molecule has 7 heteroatoms. The van der Waals surface area contributed by atoms with E-state index in [4.69, 9.17) is 4.74 Å². The minimum Gasteiger partial charge on any atom is -0.378 e. The molecule has 1 aromatic heterocycles. The van der Waals surface area contributed by atoms with E-state index in [0.717, 1.165) is 37.6 Å². The molecule has 1 unspecified atom stereocenters. The quantitative estimate of drug-likeness (QED) is 0.707. The molecule has 1 fully saturated rings. The lowest BCUT2D eigenvalue weighted by Crippen LogP contribution is -2.36. The number of carbonyl (C=O) groups is 1. The van der Waals surface area contributed by atoms with Crippen molar-refractivity contribution in [2.24, 2.45) is 0 Å². The van der Waals surface area contributed by atoms with Gasteiger partial charge in [0.15, 0.2) is 0 Å². The first-order chi connectivity index (χ1) is 14.6. The third kappa shape index (κ3) is 4.41. The number of rotatable bonds is 5. The molecule has 1 amide bonds.